The summed E-state index contributed by atoms with van der Waals surface area (Å²) in [6.07, 6.45) is 5.76. The Balaban J connectivity index is 1.09. The second kappa shape index (κ2) is 14.8. The normalized spacial score (nSPS) is 16.4. The molecule has 1 spiro atoms. The Labute approximate surface area is 413 Å². The van der Waals surface area contributed by atoms with Crippen LogP contribution < -0.4 is 9.64 Å². The largest absolute Gasteiger partial charge is 0.457 e. The van der Waals surface area contributed by atoms with Crippen LogP contribution in [-0.4, -0.2) is 4.57 Å². The van der Waals surface area contributed by atoms with Crippen LogP contribution in [0.1, 0.15) is 118 Å². The smallest absolute Gasteiger partial charge is 0.132 e. The van der Waals surface area contributed by atoms with Crippen molar-refractivity contribution in [3.05, 3.63) is 232 Å². The number of nitrogens with zero attached hydrogens (tertiary/aromatic N) is 2. The topological polar surface area (TPSA) is 17.4 Å². The van der Waals surface area contributed by atoms with Crippen LogP contribution in [0.25, 0.3) is 44.9 Å². The van der Waals surface area contributed by atoms with Crippen LogP contribution in [0.3, 0.4) is 0 Å². The maximum absolute atomic E-state index is 7.04. The number of aromatic nitrogens is 1. The van der Waals surface area contributed by atoms with Gasteiger partial charge < -0.3 is 14.2 Å². The van der Waals surface area contributed by atoms with Gasteiger partial charge in [-0.15, -0.1) is 0 Å². The molecule has 0 saturated heterocycles. The van der Waals surface area contributed by atoms with Gasteiger partial charge in [-0.05, 0) is 163 Å². The van der Waals surface area contributed by atoms with E-state index in [1.165, 1.54) is 88.9 Å². The van der Waals surface area contributed by atoms with Crippen LogP contribution in [-0.2, 0) is 28.1 Å². The van der Waals surface area contributed by atoms with E-state index in [1.807, 2.05) is 0 Å². The predicted octanol–water partition coefficient (Wildman–Crippen LogP) is 17.7. The lowest BCUT2D eigenvalue weighted by Gasteiger charge is -2.41. The Kier molecular flexibility index (Phi) is 9.05. The first-order chi connectivity index (χ1) is 33.6. The summed E-state index contributed by atoms with van der Waals surface area (Å²) in [6, 6.07) is 64.7. The molecule has 2 heterocycles. The zero-order chi connectivity index (χ0) is 48.1. The van der Waals surface area contributed by atoms with Crippen molar-refractivity contribution >= 4 is 34.0 Å². The highest BCUT2D eigenvalue weighted by Crippen LogP contribution is 2.64. The lowest BCUT2D eigenvalue weighted by molar-refractivity contribution is 0.433. The molecule has 0 amide bonds. The molecule has 1 aromatic heterocycles. The summed E-state index contributed by atoms with van der Waals surface area (Å²) in [5.74, 6) is 2.31. The second-order valence-corrected chi connectivity index (χ2v) is 23.1. The molecular formula is C67H60N2O. The lowest BCUT2D eigenvalue weighted by Crippen LogP contribution is -2.33. The number of hydrogen-bond donors (Lipinski definition) is 0. The summed E-state index contributed by atoms with van der Waals surface area (Å²) in [6.45, 7) is 21.0. The van der Waals surface area contributed by atoms with Crippen LogP contribution in [0.2, 0.25) is 0 Å². The minimum Gasteiger partial charge on any atom is -0.457 e. The van der Waals surface area contributed by atoms with Crippen LogP contribution in [0, 0.1) is 5.92 Å². The average Bonchev–Trinajstić information content (AvgIpc) is 3.91. The molecule has 1 unspecified atom stereocenters. The van der Waals surface area contributed by atoms with Gasteiger partial charge in [0.1, 0.15) is 11.5 Å². The maximum Gasteiger partial charge on any atom is 0.132 e. The van der Waals surface area contributed by atoms with Crippen LogP contribution in [0.15, 0.2) is 176 Å². The maximum atomic E-state index is 7.04. The number of anilines is 3. The Hall–Kier alpha value is -7.36. The van der Waals surface area contributed by atoms with Crippen molar-refractivity contribution in [1.29, 1.82) is 0 Å². The van der Waals surface area contributed by atoms with Gasteiger partial charge in [0, 0.05) is 50.4 Å². The molecule has 0 saturated carbocycles. The Bertz CT molecular complexity index is 3630. The Morgan fingerprint density at radius 3 is 1.74 bits per heavy atom. The van der Waals surface area contributed by atoms with Gasteiger partial charge in [-0.25, -0.2) is 0 Å². The van der Waals surface area contributed by atoms with E-state index in [2.05, 4.69) is 254 Å². The molecule has 3 aliphatic carbocycles. The fraction of sp³-hybridized carbons (Fsp3) is 0.224. The number of rotatable bonds is 4. The monoisotopic (exact) mass is 908 g/mol. The van der Waals surface area contributed by atoms with E-state index in [4.69, 9.17) is 4.74 Å². The molecular weight excluding hydrogens is 849 g/mol. The van der Waals surface area contributed by atoms with E-state index in [0.717, 1.165) is 40.7 Å². The van der Waals surface area contributed by atoms with Gasteiger partial charge in [0.2, 0.25) is 0 Å². The number of benzene rings is 8. The van der Waals surface area contributed by atoms with Crippen molar-refractivity contribution in [1.82, 2.24) is 4.57 Å². The van der Waals surface area contributed by atoms with Crippen molar-refractivity contribution in [2.45, 2.75) is 90.4 Å². The van der Waals surface area contributed by atoms with Crippen molar-refractivity contribution < 1.29 is 4.74 Å². The number of ether oxygens (including phenoxy) is 1. The summed E-state index contributed by atoms with van der Waals surface area (Å²) in [4.78, 5) is 2.52. The molecule has 344 valence electrons. The highest BCUT2D eigenvalue weighted by atomic mass is 16.5. The molecule has 0 fully saturated rings. The quantitative estimate of drug-likeness (QED) is 0.175. The summed E-state index contributed by atoms with van der Waals surface area (Å²) in [7, 11) is 0. The van der Waals surface area contributed by atoms with Gasteiger partial charge >= 0.3 is 0 Å². The minimum absolute atomic E-state index is 0.0757. The highest BCUT2D eigenvalue weighted by molar-refractivity contribution is 5.94. The third-order valence-corrected chi connectivity index (χ3v) is 16.3. The van der Waals surface area contributed by atoms with Crippen LogP contribution in [0.4, 0.5) is 17.1 Å². The molecule has 0 bridgehead atoms. The molecule has 3 nitrogen and oxygen atoms in total. The number of para-hydroxylation sites is 1. The first-order valence-electron chi connectivity index (χ1n) is 25.3. The van der Waals surface area contributed by atoms with E-state index in [-0.39, 0.29) is 16.2 Å². The third-order valence-electron chi connectivity index (χ3n) is 16.3. The second-order valence-electron chi connectivity index (χ2n) is 23.1. The van der Waals surface area contributed by atoms with Crippen LogP contribution in [0.5, 0.6) is 11.5 Å². The molecule has 1 atom stereocenters. The molecule has 13 rings (SSSR count). The summed E-state index contributed by atoms with van der Waals surface area (Å²) in [5.41, 5.74) is 22.9. The fourth-order valence-corrected chi connectivity index (χ4v) is 12.7. The van der Waals surface area contributed by atoms with Gasteiger partial charge in [0.15, 0.2) is 0 Å². The van der Waals surface area contributed by atoms with Crippen molar-refractivity contribution in [3.63, 3.8) is 0 Å². The van der Waals surface area contributed by atoms with Crippen molar-refractivity contribution in [2.75, 3.05) is 4.90 Å². The van der Waals surface area contributed by atoms with Gasteiger partial charge in [0.05, 0.1) is 10.9 Å². The van der Waals surface area contributed by atoms with Crippen molar-refractivity contribution in [2.24, 2.45) is 5.92 Å². The van der Waals surface area contributed by atoms with Gasteiger partial charge in [0.25, 0.3) is 0 Å². The van der Waals surface area contributed by atoms with Crippen molar-refractivity contribution in [3.8, 4) is 39.4 Å². The van der Waals surface area contributed by atoms with E-state index in [9.17, 15) is 0 Å². The van der Waals surface area contributed by atoms with Gasteiger partial charge in [-0.1, -0.05) is 165 Å². The summed E-state index contributed by atoms with van der Waals surface area (Å²) < 4.78 is 9.53. The molecule has 0 N–H and O–H groups in total. The summed E-state index contributed by atoms with van der Waals surface area (Å²) >= 11 is 0. The summed E-state index contributed by atoms with van der Waals surface area (Å²) in [5, 5.41) is 1.33. The average molecular weight is 909 g/mol. The Morgan fingerprint density at radius 1 is 0.514 bits per heavy atom. The number of allylic oxidation sites excluding steroid dienone is 1. The van der Waals surface area contributed by atoms with Gasteiger partial charge in [-0.3, -0.25) is 0 Å². The standard InChI is InChI=1S/C67H60N2O/c1-41-25-32-61-53(35-41)52-21-12-15-24-60(52)69(61)45-18-16-17-44(38-45)68(46-28-30-50-48-19-10-13-22-54(48)66(8,9)56(50)39-46)47-29-31-51-49-20-11-14-23-55(49)67(57(51)40-47)58-36-42(64(2,3)4)26-33-62(58)70-63-34-27-43(37-59(63)67)65(5,6)7/h10-34,36-41H,35H2,1-9H3. The molecule has 8 aromatic carbocycles. The van der Waals surface area contributed by atoms with Crippen LogP contribution >= 0.6 is 0 Å². The minimum atomic E-state index is -0.658. The lowest BCUT2D eigenvalue weighted by atomic mass is 9.64. The third kappa shape index (κ3) is 6.06. The van der Waals surface area contributed by atoms with E-state index >= 15 is 0 Å². The molecule has 1 aliphatic heterocycles. The SMILES string of the molecule is CC1C=Cc2c(c3ccccc3n2-c2cccc(N(c3ccc4c(c3)C(C)(C)c3ccccc3-4)c3ccc4c(c3)C3(c5cc(C(C)(C)C)ccc5Oc5ccc(C(C)(C)C)cc53)c3ccccc3-4)c2)C1. The van der Waals surface area contributed by atoms with Gasteiger partial charge in [-0.2, -0.15) is 0 Å². The molecule has 3 heteroatoms. The molecule has 70 heavy (non-hydrogen) atoms. The Morgan fingerprint density at radius 2 is 1.07 bits per heavy atom. The number of hydrogen-bond acceptors (Lipinski definition) is 2. The fourth-order valence-electron chi connectivity index (χ4n) is 12.7. The van der Waals surface area contributed by atoms with E-state index in [0.29, 0.717) is 5.92 Å². The molecule has 0 radical (unpaired) electrons. The zero-order valence-electron chi connectivity index (χ0n) is 41.9. The first-order valence-corrected chi connectivity index (χ1v) is 25.3. The van der Waals surface area contributed by atoms with E-state index in [1.54, 1.807) is 0 Å². The van der Waals surface area contributed by atoms with E-state index < -0.39 is 5.41 Å². The number of fused-ring (bicyclic) bond motifs is 15. The molecule has 4 aliphatic rings. The highest BCUT2D eigenvalue weighted by Gasteiger charge is 2.52. The predicted molar refractivity (Wildman–Crippen MR) is 292 cm³/mol. The zero-order valence-corrected chi connectivity index (χ0v) is 41.9. The first kappa shape index (κ1) is 42.7. The molecule has 9 aromatic rings.